The summed E-state index contributed by atoms with van der Waals surface area (Å²) < 4.78 is 30.5. The Kier molecular flexibility index (Phi) is 4.59. The standard InChI is InChI=1S/C14H18N2O3S/c1-11-4-3-5-12(8-11)9-16-10-13-6-7-14(19-13)20(17,18)15-2/h3-8,15-16H,9-10H2,1-2H3. The summed E-state index contributed by atoms with van der Waals surface area (Å²) >= 11 is 0. The van der Waals surface area contributed by atoms with Gasteiger partial charge >= 0.3 is 0 Å². The molecule has 2 rings (SSSR count). The molecule has 1 aromatic heterocycles. The zero-order valence-electron chi connectivity index (χ0n) is 11.5. The lowest BCUT2D eigenvalue weighted by Gasteiger charge is -2.04. The van der Waals surface area contributed by atoms with Crippen LogP contribution < -0.4 is 10.0 Å². The van der Waals surface area contributed by atoms with Gasteiger partial charge in [-0.3, -0.25) is 0 Å². The highest BCUT2D eigenvalue weighted by molar-refractivity contribution is 7.89. The summed E-state index contributed by atoms with van der Waals surface area (Å²) in [5.41, 5.74) is 2.39. The number of sulfonamides is 1. The molecule has 0 saturated carbocycles. The Balaban J connectivity index is 1.92. The molecule has 0 aliphatic heterocycles. The highest BCUT2D eigenvalue weighted by Gasteiger charge is 2.15. The first-order chi connectivity index (χ1) is 9.51. The number of furan rings is 1. The topological polar surface area (TPSA) is 71.3 Å². The monoisotopic (exact) mass is 294 g/mol. The van der Waals surface area contributed by atoms with E-state index in [0.717, 1.165) is 0 Å². The molecular weight excluding hydrogens is 276 g/mol. The molecule has 0 spiro atoms. The zero-order valence-corrected chi connectivity index (χ0v) is 12.3. The second-order valence-electron chi connectivity index (χ2n) is 4.52. The summed E-state index contributed by atoms with van der Waals surface area (Å²) in [4.78, 5) is 0. The van der Waals surface area contributed by atoms with Crippen LogP contribution in [0.5, 0.6) is 0 Å². The highest BCUT2D eigenvalue weighted by Crippen LogP contribution is 2.13. The van der Waals surface area contributed by atoms with Gasteiger partial charge in [-0.1, -0.05) is 29.8 Å². The number of aryl methyl sites for hydroxylation is 1. The third kappa shape index (κ3) is 3.69. The Morgan fingerprint density at radius 2 is 1.95 bits per heavy atom. The summed E-state index contributed by atoms with van der Waals surface area (Å²) in [7, 11) is -2.15. The van der Waals surface area contributed by atoms with Crippen molar-refractivity contribution in [3.8, 4) is 0 Å². The zero-order chi connectivity index (χ0) is 14.6. The van der Waals surface area contributed by atoms with E-state index in [1.807, 2.05) is 25.1 Å². The highest BCUT2D eigenvalue weighted by atomic mass is 32.2. The molecule has 2 N–H and O–H groups in total. The molecule has 5 nitrogen and oxygen atoms in total. The molecule has 6 heteroatoms. The minimum absolute atomic E-state index is 0.0626. The number of hydrogen-bond acceptors (Lipinski definition) is 4. The van der Waals surface area contributed by atoms with Crippen LogP contribution >= 0.6 is 0 Å². The van der Waals surface area contributed by atoms with Gasteiger partial charge in [0.1, 0.15) is 5.76 Å². The van der Waals surface area contributed by atoms with Crippen molar-refractivity contribution in [2.45, 2.75) is 25.1 Å². The predicted octanol–water partition coefficient (Wildman–Crippen LogP) is 1.79. The molecular formula is C14H18N2O3S. The van der Waals surface area contributed by atoms with Crippen molar-refractivity contribution in [2.75, 3.05) is 7.05 Å². The summed E-state index contributed by atoms with van der Waals surface area (Å²) in [5, 5.41) is 3.16. The lowest BCUT2D eigenvalue weighted by molar-refractivity contribution is 0.400. The largest absolute Gasteiger partial charge is 0.447 e. The van der Waals surface area contributed by atoms with E-state index in [2.05, 4.69) is 16.1 Å². The molecule has 20 heavy (non-hydrogen) atoms. The van der Waals surface area contributed by atoms with Gasteiger partial charge in [-0.2, -0.15) is 0 Å². The number of nitrogens with one attached hydrogen (secondary N) is 2. The van der Waals surface area contributed by atoms with E-state index in [9.17, 15) is 8.42 Å². The van der Waals surface area contributed by atoms with Crippen molar-refractivity contribution >= 4 is 10.0 Å². The van der Waals surface area contributed by atoms with Gasteiger partial charge in [0.05, 0.1) is 6.54 Å². The van der Waals surface area contributed by atoms with Crippen molar-refractivity contribution in [3.63, 3.8) is 0 Å². The van der Waals surface area contributed by atoms with Crippen LogP contribution in [-0.2, 0) is 23.1 Å². The molecule has 0 bridgehead atoms. The van der Waals surface area contributed by atoms with E-state index >= 15 is 0 Å². The van der Waals surface area contributed by atoms with Crippen molar-refractivity contribution in [3.05, 3.63) is 53.3 Å². The molecule has 0 amide bonds. The Hall–Kier alpha value is -1.63. The van der Waals surface area contributed by atoms with Gasteiger partial charge < -0.3 is 9.73 Å². The Morgan fingerprint density at radius 3 is 2.65 bits per heavy atom. The van der Waals surface area contributed by atoms with Crippen molar-refractivity contribution in [2.24, 2.45) is 0 Å². The fraction of sp³-hybridized carbons (Fsp3) is 0.286. The molecule has 0 unspecified atom stereocenters. The maximum atomic E-state index is 11.5. The minimum atomic E-state index is -3.50. The normalized spacial score (nSPS) is 11.7. The van der Waals surface area contributed by atoms with Gasteiger partial charge in [-0.25, -0.2) is 13.1 Å². The fourth-order valence-corrected chi connectivity index (χ4v) is 2.52. The molecule has 1 heterocycles. The first kappa shape index (κ1) is 14.8. The fourth-order valence-electron chi connectivity index (χ4n) is 1.85. The van der Waals surface area contributed by atoms with Crippen LogP contribution in [0.1, 0.15) is 16.9 Å². The van der Waals surface area contributed by atoms with E-state index < -0.39 is 10.0 Å². The molecule has 108 valence electrons. The van der Waals surface area contributed by atoms with Gasteiger partial charge in [0.25, 0.3) is 10.0 Å². The van der Waals surface area contributed by atoms with Crippen LogP contribution in [0.3, 0.4) is 0 Å². The summed E-state index contributed by atoms with van der Waals surface area (Å²) in [6.45, 7) is 3.23. The van der Waals surface area contributed by atoms with Crippen molar-refractivity contribution < 1.29 is 12.8 Å². The smallest absolute Gasteiger partial charge is 0.273 e. The van der Waals surface area contributed by atoms with Crippen LogP contribution in [0.25, 0.3) is 0 Å². The van der Waals surface area contributed by atoms with Gasteiger partial charge in [-0.05, 0) is 31.7 Å². The van der Waals surface area contributed by atoms with Gasteiger partial charge in [0.2, 0.25) is 5.09 Å². The summed E-state index contributed by atoms with van der Waals surface area (Å²) in [6.07, 6.45) is 0. The van der Waals surface area contributed by atoms with E-state index in [4.69, 9.17) is 4.42 Å². The Labute approximate surface area is 119 Å². The maximum absolute atomic E-state index is 11.5. The molecule has 0 radical (unpaired) electrons. The molecule has 2 aromatic rings. The molecule has 0 aliphatic carbocycles. The molecule has 0 aliphatic rings. The number of hydrogen-bond donors (Lipinski definition) is 2. The third-order valence-corrected chi connectivity index (χ3v) is 4.17. The Bertz CT molecular complexity index is 677. The summed E-state index contributed by atoms with van der Waals surface area (Å²) in [5.74, 6) is 0.589. The first-order valence-electron chi connectivity index (χ1n) is 6.30. The average molecular weight is 294 g/mol. The molecule has 0 atom stereocenters. The first-order valence-corrected chi connectivity index (χ1v) is 7.78. The number of rotatable bonds is 6. The second kappa shape index (κ2) is 6.21. The number of benzene rings is 1. The van der Waals surface area contributed by atoms with E-state index in [1.165, 1.54) is 24.2 Å². The third-order valence-electron chi connectivity index (χ3n) is 2.88. The van der Waals surface area contributed by atoms with Crippen LogP contribution in [0.15, 0.2) is 45.9 Å². The van der Waals surface area contributed by atoms with Crippen LogP contribution in [0.4, 0.5) is 0 Å². The minimum Gasteiger partial charge on any atom is -0.447 e. The Morgan fingerprint density at radius 1 is 1.15 bits per heavy atom. The van der Waals surface area contributed by atoms with Crippen LogP contribution in [0, 0.1) is 6.92 Å². The predicted molar refractivity (Wildman–Crippen MR) is 76.7 cm³/mol. The van der Waals surface area contributed by atoms with Crippen molar-refractivity contribution in [1.29, 1.82) is 0 Å². The lowest BCUT2D eigenvalue weighted by atomic mass is 10.1. The van der Waals surface area contributed by atoms with Gasteiger partial charge in [0.15, 0.2) is 0 Å². The van der Waals surface area contributed by atoms with Gasteiger partial charge in [0, 0.05) is 6.54 Å². The van der Waals surface area contributed by atoms with E-state index in [0.29, 0.717) is 18.8 Å². The maximum Gasteiger partial charge on any atom is 0.273 e. The second-order valence-corrected chi connectivity index (χ2v) is 6.34. The van der Waals surface area contributed by atoms with E-state index in [1.54, 1.807) is 6.07 Å². The molecule has 1 aromatic carbocycles. The quantitative estimate of drug-likeness (QED) is 0.852. The van der Waals surface area contributed by atoms with Crippen LogP contribution in [0.2, 0.25) is 0 Å². The van der Waals surface area contributed by atoms with Gasteiger partial charge in [-0.15, -0.1) is 0 Å². The lowest BCUT2D eigenvalue weighted by Crippen LogP contribution is -2.17. The average Bonchev–Trinajstić information content (AvgIpc) is 2.88. The van der Waals surface area contributed by atoms with Crippen LogP contribution in [-0.4, -0.2) is 15.5 Å². The molecule has 0 saturated heterocycles. The SMILES string of the molecule is CNS(=O)(=O)c1ccc(CNCc2cccc(C)c2)o1. The molecule has 0 fully saturated rings. The summed E-state index contributed by atoms with van der Waals surface area (Å²) in [6, 6.07) is 11.3. The van der Waals surface area contributed by atoms with Crippen molar-refractivity contribution in [1.82, 2.24) is 10.0 Å². The van der Waals surface area contributed by atoms with E-state index in [-0.39, 0.29) is 5.09 Å².